The lowest BCUT2D eigenvalue weighted by atomic mass is 10.1. The maximum Gasteiger partial charge on any atom is 0.332 e. The van der Waals surface area contributed by atoms with Gasteiger partial charge in [-0.25, -0.2) is 4.79 Å². The predicted molar refractivity (Wildman–Crippen MR) is 118 cm³/mol. The Hall–Kier alpha value is -3.26. The summed E-state index contributed by atoms with van der Waals surface area (Å²) in [5.41, 5.74) is 4.54. The van der Waals surface area contributed by atoms with Gasteiger partial charge in [-0.15, -0.1) is 0 Å². The van der Waals surface area contributed by atoms with Crippen LogP contribution in [0.25, 0.3) is 11.0 Å². The van der Waals surface area contributed by atoms with E-state index >= 15 is 0 Å². The highest BCUT2D eigenvalue weighted by atomic mass is 32.1. The van der Waals surface area contributed by atoms with Gasteiger partial charge in [-0.2, -0.15) is 4.37 Å². The number of methoxy groups -OCH3 is 1. The van der Waals surface area contributed by atoms with Crippen LogP contribution in [0.4, 0.5) is 0 Å². The van der Waals surface area contributed by atoms with Crippen molar-refractivity contribution in [3.05, 3.63) is 84.6 Å². The van der Waals surface area contributed by atoms with Gasteiger partial charge in [0.05, 0.1) is 31.4 Å². The van der Waals surface area contributed by atoms with Gasteiger partial charge in [0, 0.05) is 22.7 Å². The van der Waals surface area contributed by atoms with Crippen molar-refractivity contribution in [1.29, 1.82) is 0 Å². The largest absolute Gasteiger partial charge is 0.496 e. The van der Waals surface area contributed by atoms with Gasteiger partial charge in [0.2, 0.25) is 0 Å². The van der Waals surface area contributed by atoms with Crippen molar-refractivity contribution in [2.24, 2.45) is 0 Å². The first-order chi connectivity index (χ1) is 14.4. The van der Waals surface area contributed by atoms with Gasteiger partial charge < -0.3 is 4.74 Å². The molecule has 0 aliphatic carbocycles. The molecular weight excluding hydrogens is 400 g/mol. The van der Waals surface area contributed by atoms with Crippen molar-refractivity contribution in [2.45, 2.75) is 33.9 Å². The van der Waals surface area contributed by atoms with Crippen LogP contribution in [0.1, 0.15) is 27.9 Å². The lowest BCUT2D eigenvalue weighted by Crippen LogP contribution is -2.40. The van der Waals surface area contributed by atoms with Crippen molar-refractivity contribution in [3.63, 3.8) is 0 Å². The van der Waals surface area contributed by atoms with E-state index < -0.39 is 0 Å². The normalized spacial score (nSPS) is 11.2. The van der Waals surface area contributed by atoms with Gasteiger partial charge in [-0.3, -0.25) is 18.9 Å². The molecule has 0 aliphatic rings. The van der Waals surface area contributed by atoms with E-state index in [9.17, 15) is 9.59 Å². The van der Waals surface area contributed by atoms with Gasteiger partial charge in [0.25, 0.3) is 5.56 Å². The molecule has 3 aromatic heterocycles. The molecule has 0 unspecified atom stereocenters. The average Bonchev–Trinajstić information content (AvgIpc) is 3.20. The number of benzene rings is 1. The van der Waals surface area contributed by atoms with Gasteiger partial charge in [0.1, 0.15) is 5.75 Å². The molecule has 0 amide bonds. The van der Waals surface area contributed by atoms with Gasteiger partial charge >= 0.3 is 5.69 Å². The zero-order chi connectivity index (χ0) is 21.4. The highest BCUT2D eigenvalue weighted by molar-refractivity contribution is 7.04. The number of fused-ring (bicyclic) bond motifs is 1. The van der Waals surface area contributed by atoms with Crippen LogP contribution in [0.5, 0.6) is 5.75 Å². The summed E-state index contributed by atoms with van der Waals surface area (Å²) < 4.78 is 12.6. The van der Waals surface area contributed by atoms with Crippen LogP contribution in [0.2, 0.25) is 0 Å². The summed E-state index contributed by atoms with van der Waals surface area (Å²) in [6.45, 7) is 6.25. The Bertz CT molecular complexity index is 1370. The first-order valence-corrected chi connectivity index (χ1v) is 10.4. The average molecular weight is 423 g/mol. The minimum absolute atomic E-state index is 0.191. The molecule has 4 aromatic rings. The smallest absolute Gasteiger partial charge is 0.332 e. The summed E-state index contributed by atoms with van der Waals surface area (Å²) in [5.74, 6) is 0.751. The first-order valence-electron chi connectivity index (χ1n) is 9.53. The van der Waals surface area contributed by atoms with Gasteiger partial charge in [-0.1, -0.05) is 29.8 Å². The Morgan fingerprint density at radius 1 is 1.10 bits per heavy atom. The Labute approximate surface area is 177 Å². The van der Waals surface area contributed by atoms with Crippen molar-refractivity contribution in [2.75, 3.05) is 7.11 Å². The van der Waals surface area contributed by atoms with E-state index in [0.717, 1.165) is 39.5 Å². The molecule has 0 fully saturated rings. The van der Waals surface area contributed by atoms with Crippen LogP contribution in [0.15, 0.2) is 45.4 Å². The number of ether oxygens (including phenoxy) is 1. The van der Waals surface area contributed by atoms with Crippen LogP contribution in [-0.4, -0.2) is 25.6 Å². The number of aromatic nitrogens is 4. The number of pyridine rings is 1. The van der Waals surface area contributed by atoms with Crippen molar-refractivity contribution in [1.82, 2.24) is 18.5 Å². The zero-order valence-corrected chi connectivity index (χ0v) is 18.1. The molecule has 4 rings (SSSR count). The molecule has 7 nitrogen and oxygen atoms in total. The fourth-order valence-corrected chi connectivity index (χ4v) is 4.37. The molecule has 0 radical (unpaired) electrons. The summed E-state index contributed by atoms with van der Waals surface area (Å²) in [4.78, 5) is 30.9. The third-order valence-corrected chi connectivity index (χ3v) is 5.85. The molecule has 0 N–H and O–H groups in total. The molecule has 0 spiro atoms. The molecule has 0 atom stereocenters. The lowest BCUT2D eigenvalue weighted by molar-refractivity contribution is 0.406. The Balaban J connectivity index is 1.88. The number of nitrogens with zero attached hydrogens (tertiary/aromatic N) is 4. The zero-order valence-electron chi connectivity index (χ0n) is 17.3. The molecule has 154 valence electrons. The Kier molecular flexibility index (Phi) is 5.26. The van der Waals surface area contributed by atoms with Crippen molar-refractivity contribution in [3.8, 4) is 5.75 Å². The van der Waals surface area contributed by atoms with E-state index in [-0.39, 0.29) is 24.3 Å². The molecule has 8 heteroatoms. The topological polar surface area (TPSA) is 79.0 Å². The van der Waals surface area contributed by atoms with Crippen LogP contribution in [0.3, 0.4) is 0 Å². The third-order valence-electron chi connectivity index (χ3n) is 5.23. The molecule has 0 saturated carbocycles. The summed E-state index contributed by atoms with van der Waals surface area (Å²) in [7, 11) is 1.62. The van der Waals surface area contributed by atoms with E-state index in [4.69, 9.17) is 4.74 Å². The molecule has 1 aromatic carbocycles. The van der Waals surface area contributed by atoms with E-state index in [0.29, 0.717) is 16.7 Å². The predicted octanol–water partition coefficient (Wildman–Crippen LogP) is 3.05. The Morgan fingerprint density at radius 3 is 2.63 bits per heavy atom. The van der Waals surface area contributed by atoms with Crippen molar-refractivity contribution >= 4 is 22.6 Å². The highest BCUT2D eigenvalue weighted by Gasteiger charge is 2.18. The number of rotatable bonds is 5. The minimum Gasteiger partial charge on any atom is -0.496 e. The van der Waals surface area contributed by atoms with Crippen LogP contribution in [0, 0.1) is 20.8 Å². The monoisotopic (exact) mass is 422 g/mol. The second-order valence-electron chi connectivity index (χ2n) is 7.34. The fourth-order valence-electron chi connectivity index (χ4n) is 3.70. The van der Waals surface area contributed by atoms with Crippen molar-refractivity contribution < 1.29 is 4.74 Å². The molecular formula is C22H22N4O3S. The Morgan fingerprint density at radius 2 is 1.90 bits per heavy atom. The number of hydrogen-bond donors (Lipinski definition) is 0. The van der Waals surface area contributed by atoms with E-state index in [1.165, 1.54) is 4.57 Å². The molecule has 0 bridgehead atoms. The van der Waals surface area contributed by atoms with E-state index in [1.54, 1.807) is 23.3 Å². The minimum atomic E-state index is -0.380. The van der Waals surface area contributed by atoms with E-state index in [1.807, 2.05) is 45.0 Å². The SMILES string of the molecule is COc1c(C)cnc(Cn2c(=O)n(Cc3cccc(C)c3)c(=O)c3nscc32)c1C. The number of aryl methyl sites for hydroxylation is 2. The molecule has 3 heterocycles. The summed E-state index contributed by atoms with van der Waals surface area (Å²) in [5, 5.41) is 1.73. The van der Waals surface area contributed by atoms with E-state index in [2.05, 4.69) is 9.36 Å². The van der Waals surface area contributed by atoms with Gasteiger partial charge in [-0.05, 0) is 37.9 Å². The maximum absolute atomic E-state index is 13.4. The first kappa shape index (κ1) is 20.0. The highest BCUT2D eigenvalue weighted by Crippen LogP contribution is 2.24. The second kappa shape index (κ2) is 7.87. The molecule has 30 heavy (non-hydrogen) atoms. The summed E-state index contributed by atoms with van der Waals surface area (Å²) >= 11 is 1.16. The third kappa shape index (κ3) is 3.43. The van der Waals surface area contributed by atoms with Crippen LogP contribution in [-0.2, 0) is 13.1 Å². The standard InChI is InChI=1S/C22H22N4O3S/c1-13-6-5-7-16(8-13)10-26-21(27)19-18(12-30-24-19)25(22(26)28)11-17-15(3)20(29-4)14(2)9-23-17/h5-9,12H,10-11H2,1-4H3. The fraction of sp³-hybridized carbons (Fsp3) is 0.273. The maximum atomic E-state index is 13.4. The lowest BCUT2D eigenvalue weighted by Gasteiger charge is -2.15. The van der Waals surface area contributed by atoms with Crippen LogP contribution >= 0.6 is 11.5 Å². The number of hydrogen-bond acceptors (Lipinski definition) is 6. The quantitative estimate of drug-likeness (QED) is 0.494. The summed E-state index contributed by atoms with van der Waals surface area (Å²) in [6.07, 6.45) is 1.73. The molecule has 0 saturated heterocycles. The van der Waals surface area contributed by atoms with Gasteiger partial charge in [0.15, 0.2) is 5.52 Å². The summed E-state index contributed by atoms with van der Waals surface area (Å²) in [6, 6.07) is 7.78. The molecule has 0 aliphatic heterocycles. The van der Waals surface area contributed by atoms with Crippen LogP contribution < -0.4 is 16.0 Å². The second-order valence-corrected chi connectivity index (χ2v) is 7.97.